The van der Waals surface area contributed by atoms with Gasteiger partial charge in [0.2, 0.25) is 0 Å². The summed E-state index contributed by atoms with van der Waals surface area (Å²) in [5, 5.41) is 5.45. The summed E-state index contributed by atoms with van der Waals surface area (Å²) in [6.45, 7) is 0. The molecular weight excluding hydrogens is 646 g/mol. The van der Waals surface area contributed by atoms with E-state index in [2.05, 4.69) is 10.3 Å². The molecule has 1 aliphatic heterocycles. The summed E-state index contributed by atoms with van der Waals surface area (Å²) in [7, 11) is 0. The highest BCUT2D eigenvalue weighted by Gasteiger charge is 2.47. The molecule has 6 aromatic rings. The van der Waals surface area contributed by atoms with Gasteiger partial charge in [-0.05, 0) is 59.7 Å². The van der Waals surface area contributed by atoms with Crippen molar-refractivity contribution in [3.63, 3.8) is 0 Å². The smallest absolute Gasteiger partial charge is 0.262 e. The summed E-state index contributed by atoms with van der Waals surface area (Å²) in [5.41, 5.74) is 5.21. The topological polar surface area (TPSA) is 70.1 Å². The molecule has 9 heteroatoms. The Hall–Kier alpha value is -4.39. The zero-order valence-corrected chi connectivity index (χ0v) is 26.4. The Morgan fingerprint density at radius 1 is 0.511 bits per heavy atom. The molecular formula is C36H22Cl4N4O. The maximum absolute atomic E-state index is 13.8. The Morgan fingerprint density at radius 3 is 1.44 bits per heavy atom. The number of halogens is 4. The largest absolute Gasteiger partial charge is 0.337 e. The second-order valence-electron chi connectivity index (χ2n) is 10.5. The van der Waals surface area contributed by atoms with Crippen molar-refractivity contribution >= 4 is 58.1 Å². The number of rotatable bonds is 6. The number of nitrogens with zero attached hydrogens (tertiary/aromatic N) is 2. The first-order valence-corrected chi connectivity index (χ1v) is 15.5. The average molecular weight is 668 g/mol. The Kier molecular flexibility index (Phi) is 7.72. The van der Waals surface area contributed by atoms with Gasteiger partial charge < -0.3 is 10.3 Å². The lowest BCUT2D eigenvalue weighted by Gasteiger charge is -2.24. The molecule has 0 aliphatic carbocycles. The van der Waals surface area contributed by atoms with E-state index in [1.807, 2.05) is 97.1 Å². The van der Waals surface area contributed by atoms with Crippen molar-refractivity contribution in [1.29, 1.82) is 0 Å². The maximum atomic E-state index is 13.8. The number of H-pyrrole nitrogens is 1. The molecule has 5 aromatic carbocycles. The van der Waals surface area contributed by atoms with Crippen LogP contribution in [-0.2, 0) is 10.3 Å². The van der Waals surface area contributed by atoms with Crippen LogP contribution in [0.5, 0.6) is 0 Å². The van der Waals surface area contributed by atoms with E-state index in [-0.39, 0.29) is 5.91 Å². The number of aromatic nitrogens is 2. The van der Waals surface area contributed by atoms with Crippen LogP contribution < -0.4 is 5.32 Å². The van der Waals surface area contributed by atoms with E-state index in [0.29, 0.717) is 42.9 Å². The zero-order chi connectivity index (χ0) is 31.1. The van der Waals surface area contributed by atoms with Gasteiger partial charge in [0.15, 0.2) is 5.54 Å². The van der Waals surface area contributed by atoms with Crippen molar-refractivity contribution in [2.45, 2.75) is 5.54 Å². The van der Waals surface area contributed by atoms with Crippen LogP contribution in [0.1, 0.15) is 16.7 Å². The molecule has 1 aromatic heterocycles. The maximum Gasteiger partial charge on any atom is 0.262 e. The van der Waals surface area contributed by atoms with Crippen molar-refractivity contribution in [3.05, 3.63) is 158 Å². The molecule has 0 saturated carbocycles. The van der Waals surface area contributed by atoms with Gasteiger partial charge in [0.1, 0.15) is 11.7 Å². The lowest BCUT2D eigenvalue weighted by atomic mass is 9.83. The Labute approximate surface area is 279 Å². The van der Waals surface area contributed by atoms with Gasteiger partial charge in [0.05, 0.1) is 11.4 Å². The van der Waals surface area contributed by atoms with Gasteiger partial charge in [-0.1, -0.05) is 119 Å². The van der Waals surface area contributed by atoms with E-state index in [1.54, 1.807) is 24.3 Å². The number of hydrogen-bond donors (Lipinski definition) is 2. The second kappa shape index (κ2) is 11.8. The SMILES string of the molecule is O=C1NC(c2ccc(-c3nc(-c4ccc(Cl)cc4)c(-c4ccc(Cl)cc4)[nH]3)cc2)=NC1(c1ccc(Cl)cc1)c1ccc(Cl)cc1. The monoisotopic (exact) mass is 666 g/mol. The van der Waals surface area contributed by atoms with E-state index in [1.165, 1.54) is 0 Å². The van der Waals surface area contributed by atoms with Crippen molar-refractivity contribution in [2.24, 2.45) is 4.99 Å². The number of benzene rings is 5. The van der Waals surface area contributed by atoms with Crippen LogP contribution >= 0.6 is 46.4 Å². The molecule has 5 nitrogen and oxygen atoms in total. The molecule has 0 fully saturated rings. The molecule has 0 bridgehead atoms. The average Bonchev–Trinajstić information content (AvgIpc) is 3.65. The quantitative estimate of drug-likeness (QED) is 0.186. The number of amides is 1. The van der Waals surface area contributed by atoms with Crippen molar-refractivity contribution < 1.29 is 4.79 Å². The zero-order valence-electron chi connectivity index (χ0n) is 23.4. The standard InChI is InChI=1S/C36H22Cl4N4O/c37-27-13-5-21(6-14-27)31-32(22-7-15-28(38)16-8-22)42-33(41-31)23-1-3-24(4-2-23)34-43-35(45)36(44-34,25-9-17-29(39)18-10-25)26-11-19-30(40)20-12-26/h1-20H,(H,41,42)(H,43,44,45). The summed E-state index contributed by atoms with van der Waals surface area (Å²) < 4.78 is 0. The number of carbonyl (C=O) groups excluding carboxylic acids is 1. The molecule has 0 atom stereocenters. The molecule has 7 rings (SSSR count). The minimum Gasteiger partial charge on any atom is -0.337 e. The highest BCUT2D eigenvalue weighted by atomic mass is 35.5. The molecule has 0 spiro atoms. The van der Waals surface area contributed by atoms with Gasteiger partial charge in [-0.15, -0.1) is 0 Å². The highest BCUT2D eigenvalue weighted by molar-refractivity contribution is 6.31. The number of imidazole rings is 1. The van der Waals surface area contributed by atoms with Crippen molar-refractivity contribution in [3.8, 4) is 33.9 Å². The van der Waals surface area contributed by atoms with Gasteiger partial charge in [0, 0.05) is 42.3 Å². The minimum atomic E-state index is -1.30. The van der Waals surface area contributed by atoms with Crippen molar-refractivity contribution in [2.75, 3.05) is 0 Å². The van der Waals surface area contributed by atoms with Gasteiger partial charge >= 0.3 is 0 Å². The molecule has 2 N–H and O–H groups in total. The summed E-state index contributed by atoms with van der Waals surface area (Å²) >= 11 is 24.7. The number of carbonyl (C=O) groups is 1. The fraction of sp³-hybridized carbons (Fsp3) is 0.0278. The Balaban J connectivity index is 1.28. The first-order valence-electron chi connectivity index (χ1n) is 14.0. The van der Waals surface area contributed by atoms with Gasteiger partial charge in [0.25, 0.3) is 5.91 Å². The van der Waals surface area contributed by atoms with Crippen LogP contribution in [0, 0.1) is 0 Å². The van der Waals surface area contributed by atoms with E-state index in [4.69, 9.17) is 56.4 Å². The molecule has 0 radical (unpaired) electrons. The third-order valence-electron chi connectivity index (χ3n) is 7.75. The van der Waals surface area contributed by atoms with Crippen LogP contribution in [0.2, 0.25) is 20.1 Å². The predicted molar refractivity (Wildman–Crippen MR) is 183 cm³/mol. The molecule has 1 aliphatic rings. The van der Waals surface area contributed by atoms with Crippen molar-refractivity contribution in [1.82, 2.24) is 15.3 Å². The lowest BCUT2D eigenvalue weighted by molar-refractivity contribution is -0.122. The third-order valence-corrected chi connectivity index (χ3v) is 8.76. The first kappa shape index (κ1) is 29.3. The summed E-state index contributed by atoms with van der Waals surface area (Å²) in [6.07, 6.45) is 0. The first-order chi connectivity index (χ1) is 21.8. The Bertz CT molecular complexity index is 1940. The number of amidine groups is 1. The second-order valence-corrected chi connectivity index (χ2v) is 12.3. The number of aromatic amines is 1. The lowest BCUT2D eigenvalue weighted by Crippen LogP contribution is -2.38. The van der Waals surface area contributed by atoms with E-state index < -0.39 is 5.54 Å². The fourth-order valence-electron chi connectivity index (χ4n) is 5.46. The highest BCUT2D eigenvalue weighted by Crippen LogP contribution is 2.39. The van der Waals surface area contributed by atoms with E-state index in [0.717, 1.165) is 33.6 Å². The fourth-order valence-corrected chi connectivity index (χ4v) is 5.96. The molecule has 1 amide bonds. The summed E-state index contributed by atoms with van der Waals surface area (Å²) in [5.74, 6) is 0.877. The van der Waals surface area contributed by atoms with Gasteiger partial charge in [-0.25, -0.2) is 9.98 Å². The molecule has 0 unspecified atom stereocenters. The van der Waals surface area contributed by atoms with Crippen LogP contribution in [-0.4, -0.2) is 21.7 Å². The summed E-state index contributed by atoms with van der Waals surface area (Å²) in [6, 6.07) is 37.2. The third kappa shape index (κ3) is 5.54. The van der Waals surface area contributed by atoms with Crippen LogP contribution in [0.3, 0.4) is 0 Å². The van der Waals surface area contributed by atoms with E-state index >= 15 is 0 Å². The number of nitrogens with one attached hydrogen (secondary N) is 2. The van der Waals surface area contributed by atoms with Crippen LogP contribution in [0.4, 0.5) is 0 Å². The molecule has 220 valence electrons. The molecule has 45 heavy (non-hydrogen) atoms. The minimum absolute atomic E-state index is 0.266. The summed E-state index contributed by atoms with van der Waals surface area (Å²) in [4.78, 5) is 27.3. The normalized spacial score (nSPS) is 13.9. The van der Waals surface area contributed by atoms with Gasteiger partial charge in [-0.3, -0.25) is 4.79 Å². The van der Waals surface area contributed by atoms with Gasteiger partial charge in [-0.2, -0.15) is 0 Å². The van der Waals surface area contributed by atoms with Crippen LogP contribution in [0.25, 0.3) is 33.9 Å². The molecule has 2 heterocycles. The van der Waals surface area contributed by atoms with Crippen LogP contribution in [0.15, 0.2) is 126 Å². The number of aliphatic imine (C=N–C) groups is 1. The number of hydrogen-bond acceptors (Lipinski definition) is 3. The molecule has 0 saturated heterocycles. The van der Waals surface area contributed by atoms with E-state index in [9.17, 15) is 4.79 Å². The Morgan fingerprint density at radius 2 is 0.933 bits per heavy atom. The predicted octanol–water partition coefficient (Wildman–Crippen LogP) is 9.84.